The highest BCUT2D eigenvalue weighted by Gasteiger charge is 2.19. The van der Waals surface area contributed by atoms with Gasteiger partial charge in [-0.1, -0.05) is 43.7 Å². The molecule has 0 radical (unpaired) electrons. The highest BCUT2D eigenvalue weighted by Crippen LogP contribution is 2.35. The number of hydrogen-bond acceptors (Lipinski definition) is 0. The van der Waals surface area contributed by atoms with Crippen molar-refractivity contribution < 1.29 is 0 Å². The van der Waals surface area contributed by atoms with Gasteiger partial charge >= 0.3 is 0 Å². The number of hydrogen-bond donors (Lipinski definition) is 0. The van der Waals surface area contributed by atoms with Crippen LogP contribution in [0, 0.1) is 45.5 Å². The van der Waals surface area contributed by atoms with Gasteiger partial charge in [-0.3, -0.25) is 0 Å². The summed E-state index contributed by atoms with van der Waals surface area (Å²) >= 11 is 0. The average Bonchev–Trinajstić information content (AvgIpc) is 2.63. The van der Waals surface area contributed by atoms with Crippen LogP contribution in [-0.4, -0.2) is 0 Å². The average molecular weight is 331 g/mol. The van der Waals surface area contributed by atoms with Crippen molar-refractivity contribution >= 4 is 0 Å². The Morgan fingerprint density at radius 3 is 2.04 bits per heavy atom. The Balaban J connectivity index is 1.78. The van der Waals surface area contributed by atoms with Gasteiger partial charge in [-0.25, -0.2) is 0 Å². The zero-order valence-electron chi connectivity index (χ0n) is 16.4. The predicted molar refractivity (Wildman–Crippen MR) is 108 cm³/mol. The Kier molecular flexibility index (Phi) is 5.33. The summed E-state index contributed by atoms with van der Waals surface area (Å²) in [6.07, 6.45) is 5.43. The fourth-order valence-corrected chi connectivity index (χ4v) is 3.91. The second-order valence-corrected chi connectivity index (χ2v) is 7.94. The molecule has 0 saturated heterocycles. The lowest BCUT2D eigenvalue weighted by Crippen LogP contribution is -2.10. The van der Waals surface area contributed by atoms with Crippen LogP contribution in [0.4, 0.5) is 0 Å². The van der Waals surface area contributed by atoms with Gasteiger partial charge in [0.05, 0.1) is 0 Å². The molecule has 0 bridgehead atoms. The first-order valence-electron chi connectivity index (χ1n) is 9.65. The van der Waals surface area contributed by atoms with Gasteiger partial charge in [0.1, 0.15) is 0 Å². The van der Waals surface area contributed by atoms with E-state index in [-0.39, 0.29) is 0 Å². The van der Waals surface area contributed by atoms with Gasteiger partial charge in [0.15, 0.2) is 0 Å². The fraction of sp³-hybridized carbons (Fsp3) is 0.440. The number of rotatable bonds is 1. The Bertz CT molecular complexity index is 804. The molecule has 2 aromatic carbocycles. The molecule has 1 aliphatic carbocycles. The van der Waals surface area contributed by atoms with E-state index in [1.165, 1.54) is 53.5 Å². The van der Waals surface area contributed by atoms with E-state index < -0.39 is 0 Å². The molecule has 0 unspecified atom stereocenters. The van der Waals surface area contributed by atoms with E-state index in [0.29, 0.717) is 0 Å². The van der Waals surface area contributed by atoms with E-state index >= 15 is 0 Å². The van der Waals surface area contributed by atoms with Gasteiger partial charge < -0.3 is 0 Å². The van der Waals surface area contributed by atoms with Crippen molar-refractivity contribution in [3.05, 3.63) is 69.3 Å². The molecule has 130 valence electrons. The van der Waals surface area contributed by atoms with Crippen molar-refractivity contribution in [3.63, 3.8) is 0 Å². The van der Waals surface area contributed by atoms with Gasteiger partial charge in [0.2, 0.25) is 0 Å². The number of aryl methyl sites for hydroxylation is 1. The third-order valence-corrected chi connectivity index (χ3v) is 6.22. The highest BCUT2D eigenvalue weighted by atomic mass is 14.2. The van der Waals surface area contributed by atoms with Crippen molar-refractivity contribution in [1.82, 2.24) is 0 Å². The van der Waals surface area contributed by atoms with Gasteiger partial charge in [-0.15, -0.1) is 0 Å². The quantitative estimate of drug-likeness (QED) is 0.516. The molecule has 25 heavy (non-hydrogen) atoms. The Labute approximate surface area is 153 Å². The molecule has 3 rings (SSSR count). The van der Waals surface area contributed by atoms with Crippen LogP contribution >= 0.6 is 0 Å². The van der Waals surface area contributed by atoms with Crippen LogP contribution in [-0.2, 0) is 0 Å². The van der Waals surface area contributed by atoms with Gasteiger partial charge in [-0.2, -0.15) is 0 Å². The van der Waals surface area contributed by atoms with E-state index in [0.717, 1.165) is 23.0 Å². The SMILES string of the molecule is Cc1cc(C#Cc2ccc(C3CCC(C)CC3)cc2)c(C)c(C)c1C. The van der Waals surface area contributed by atoms with Crippen LogP contribution in [0.25, 0.3) is 0 Å². The van der Waals surface area contributed by atoms with E-state index in [2.05, 4.69) is 76.8 Å². The molecule has 0 spiro atoms. The van der Waals surface area contributed by atoms with Crippen molar-refractivity contribution in [1.29, 1.82) is 0 Å². The lowest BCUT2D eigenvalue weighted by molar-refractivity contribution is 0.348. The smallest absolute Gasteiger partial charge is 0.0283 e. The molecule has 0 amide bonds. The van der Waals surface area contributed by atoms with E-state index in [4.69, 9.17) is 0 Å². The Morgan fingerprint density at radius 1 is 0.760 bits per heavy atom. The second-order valence-electron chi connectivity index (χ2n) is 7.94. The molecule has 1 fully saturated rings. The molecule has 0 nitrogen and oxygen atoms in total. The van der Waals surface area contributed by atoms with Gasteiger partial charge in [0, 0.05) is 11.1 Å². The molecule has 2 aromatic rings. The summed E-state index contributed by atoms with van der Waals surface area (Å²) in [7, 11) is 0. The Hall–Kier alpha value is -2.00. The zero-order valence-corrected chi connectivity index (χ0v) is 16.4. The molecule has 1 aliphatic rings. The standard InChI is InChI=1S/C25H30/c1-17-6-11-23(12-7-17)24-13-8-22(9-14-24)10-15-25-16-18(2)19(3)20(4)21(25)5/h8-9,13-14,16-17,23H,6-7,11-12H2,1-5H3. The van der Waals surface area contributed by atoms with Crippen molar-refractivity contribution in [2.75, 3.05) is 0 Å². The first kappa shape index (κ1) is 17.8. The summed E-state index contributed by atoms with van der Waals surface area (Å²) in [5.74, 6) is 8.42. The molecule has 0 atom stereocenters. The van der Waals surface area contributed by atoms with E-state index in [1.807, 2.05) is 0 Å². The monoisotopic (exact) mass is 330 g/mol. The third-order valence-electron chi connectivity index (χ3n) is 6.22. The summed E-state index contributed by atoms with van der Waals surface area (Å²) in [5, 5.41) is 0. The zero-order chi connectivity index (χ0) is 18.0. The molecule has 1 saturated carbocycles. The summed E-state index contributed by atoms with van der Waals surface area (Å²) in [6, 6.07) is 11.2. The van der Waals surface area contributed by atoms with Crippen molar-refractivity contribution in [2.45, 2.75) is 66.2 Å². The second kappa shape index (κ2) is 7.49. The molecule has 0 aromatic heterocycles. The molecule has 0 aliphatic heterocycles. The fourth-order valence-electron chi connectivity index (χ4n) is 3.91. The lowest BCUT2D eigenvalue weighted by Gasteiger charge is -2.26. The van der Waals surface area contributed by atoms with Crippen LogP contribution < -0.4 is 0 Å². The molecule has 0 N–H and O–H groups in total. The van der Waals surface area contributed by atoms with Crippen LogP contribution in [0.1, 0.15) is 77.5 Å². The topological polar surface area (TPSA) is 0 Å². The summed E-state index contributed by atoms with van der Waals surface area (Å²) in [4.78, 5) is 0. The minimum absolute atomic E-state index is 0.753. The molecule has 0 heterocycles. The largest absolute Gasteiger partial charge is 0.0625 e. The maximum Gasteiger partial charge on any atom is 0.0283 e. The van der Waals surface area contributed by atoms with E-state index in [9.17, 15) is 0 Å². The highest BCUT2D eigenvalue weighted by molar-refractivity contribution is 5.53. The lowest BCUT2D eigenvalue weighted by atomic mass is 9.79. The van der Waals surface area contributed by atoms with Crippen LogP contribution in [0.5, 0.6) is 0 Å². The summed E-state index contributed by atoms with van der Waals surface area (Å²) in [5.41, 5.74) is 9.16. The normalized spacial score (nSPS) is 20.0. The summed E-state index contributed by atoms with van der Waals surface area (Å²) < 4.78 is 0. The van der Waals surface area contributed by atoms with Crippen LogP contribution in [0.2, 0.25) is 0 Å². The minimum atomic E-state index is 0.753. The maximum absolute atomic E-state index is 3.39. The van der Waals surface area contributed by atoms with Crippen molar-refractivity contribution in [3.8, 4) is 11.8 Å². The summed E-state index contributed by atoms with van der Waals surface area (Å²) in [6.45, 7) is 11.1. The van der Waals surface area contributed by atoms with Crippen LogP contribution in [0.15, 0.2) is 30.3 Å². The number of benzene rings is 2. The maximum atomic E-state index is 3.39. The van der Waals surface area contributed by atoms with E-state index in [1.54, 1.807) is 0 Å². The van der Waals surface area contributed by atoms with Crippen LogP contribution in [0.3, 0.4) is 0 Å². The van der Waals surface area contributed by atoms with Gasteiger partial charge in [0.25, 0.3) is 0 Å². The first-order valence-corrected chi connectivity index (χ1v) is 9.65. The minimum Gasteiger partial charge on any atom is -0.0625 e. The van der Waals surface area contributed by atoms with Gasteiger partial charge in [-0.05, 0) is 98.4 Å². The van der Waals surface area contributed by atoms with Crippen molar-refractivity contribution in [2.24, 2.45) is 5.92 Å². The molecular weight excluding hydrogens is 300 g/mol. The Morgan fingerprint density at radius 2 is 1.40 bits per heavy atom. The predicted octanol–water partition coefficient (Wildman–Crippen LogP) is 6.61. The first-order chi connectivity index (χ1) is 12.0. The third kappa shape index (κ3) is 3.98. The molecular formula is C25H30. The molecule has 0 heteroatoms.